The van der Waals surface area contributed by atoms with Crippen LogP contribution in [0.1, 0.15) is 23.1 Å². The minimum atomic E-state index is -5.05. The second-order valence-corrected chi connectivity index (χ2v) is 9.41. The van der Waals surface area contributed by atoms with Crippen molar-refractivity contribution in [2.24, 2.45) is 5.41 Å². The Labute approximate surface area is 222 Å². The summed E-state index contributed by atoms with van der Waals surface area (Å²) in [6, 6.07) is 6.20. The first kappa shape index (κ1) is 27.9. The van der Waals surface area contributed by atoms with Gasteiger partial charge in [0.05, 0.1) is 36.3 Å². The topological polar surface area (TPSA) is 36.9 Å². The lowest BCUT2D eigenvalue weighted by Crippen LogP contribution is -2.58. The van der Waals surface area contributed by atoms with Gasteiger partial charge in [0, 0.05) is 23.0 Å². The van der Waals surface area contributed by atoms with Gasteiger partial charge in [-0.25, -0.2) is 13.2 Å². The van der Waals surface area contributed by atoms with Crippen LogP contribution in [0.2, 0.25) is 0 Å². The van der Waals surface area contributed by atoms with Crippen molar-refractivity contribution >= 4 is 10.8 Å². The first-order valence-corrected chi connectivity index (χ1v) is 11.7. The monoisotopic (exact) mass is 570 g/mol. The average Bonchev–Trinajstić information content (AvgIpc) is 2.88. The quantitative estimate of drug-likeness (QED) is 0.181. The number of benzene rings is 3. The van der Waals surface area contributed by atoms with E-state index in [0.29, 0.717) is 49.9 Å². The van der Waals surface area contributed by atoms with Gasteiger partial charge in [0.2, 0.25) is 0 Å². The van der Waals surface area contributed by atoms with E-state index >= 15 is 0 Å². The van der Waals surface area contributed by atoms with Crippen LogP contribution in [0.5, 0.6) is 5.75 Å². The molecule has 0 unspecified atom stereocenters. The summed E-state index contributed by atoms with van der Waals surface area (Å²) < 4.78 is 133. The van der Waals surface area contributed by atoms with Crippen molar-refractivity contribution in [3.05, 3.63) is 89.3 Å². The van der Waals surface area contributed by atoms with E-state index in [-0.39, 0.29) is 5.41 Å². The maximum Gasteiger partial charge on any atom is 0.458 e. The summed E-state index contributed by atoms with van der Waals surface area (Å²) in [5.74, 6) is -5.09. The molecule has 3 aliphatic rings. The van der Waals surface area contributed by atoms with Gasteiger partial charge in [0.1, 0.15) is 17.4 Å². The summed E-state index contributed by atoms with van der Waals surface area (Å²) >= 11 is 0. The molecule has 3 heterocycles. The Balaban J connectivity index is 1.38. The SMILES string of the molecule is C=CCC12COC(c3ccc(C(F)(F)Oc4cc(F)c5c(F)c(C#CC(F)(F)F)c(F)cc5c4)cc3)(OC1)OC2. The van der Waals surface area contributed by atoms with Gasteiger partial charge in [-0.15, -0.1) is 6.58 Å². The summed E-state index contributed by atoms with van der Waals surface area (Å²) in [7, 11) is 0. The smallest absolute Gasteiger partial charge is 0.429 e. The molecular formula is C28H18F8O4. The Kier molecular flexibility index (Phi) is 6.81. The van der Waals surface area contributed by atoms with Crippen LogP contribution in [0.25, 0.3) is 10.8 Å². The minimum Gasteiger partial charge on any atom is -0.429 e. The normalized spacial score (nSPS) is 22.6. The van der Waals surface area contributed by atoms with Gasteiger partial charge >= 0.3 is 18.3 Å². The largest absolute Gasteiger partial charge is 0.458 e. The predicted molar refractivity (Wildman–Crippen MR) is 125 cm³/mol. The molecule has 0 atom stereocenters. The zero-order chi connectivity index (χ0) is 28.9. The van der Waals surface area contributed by atoms with Crippen LogP contribution in [0.3, 0.4) is 0 Å². The Morgan fingerprint density at radius 2 is 1.52 bits per heavy atom. The second-order valence-electron chi connectivity index (χ2n) is 9.41. The number of fused-ring (bicyclic) bond motifs is 4. The highest BCUT2D eigenvalue weighted by molar-refractivity contribution is 5.87. The Bertz CT molecular complexity index is 1510. The lowest BCUT2D eigenvalue weighted by atomic mass is 9.85. The first-order chi connectivity index (χ1) is 18.8. The maximum absolute atomic E-state index is 15.0. The molecule has 3 saturated heterocycles. The third kappa shape index (κ3) is 5.12. The molecule has 3 aromatic rings. The number of hydrogen-bond acceptors (Lipinski definition) is 4. The average molecular weight is 570 g/mol. The van der Waals surface area contributed by atoms with Gasteiger partial charge in [-0.3, -0.25) is 0 Å². The molecule has 0 radical (unpaired) electrons. The molecule has 3 aromatic carbocycles. The minimum absolute atomic E-state index is 0.311. The molecule has 0 amide bonds. The van der Waals surface area contributed by atoms with Crippen LogP contribution in [-0.2, 0) is 26.3 Å². The van der Waals surface area contributed by atoms with Gasteiger partial charge in [0.15, 0.2) is 5.82 Å². The maximum atomic E-state index is 15.0. The number of allylic oxidation sites excluding steroid dienone is 1. The molecule has 12 heteroatoms. The molecule has 0 aromatic heterocycles. The highest BCUT2D eigenvalue weighted by Gasteiger charge is 2.53. The first-order valence-electron chi connectivity index (χ1n) is 11.7. The molecule has 210 valence electrons. The number of alkyl halides is 5. The van der Waals surface area contributed by atoms with Gasteiger partial charge in [-0.05, 0) is 36.1 Å². The van der Waals surface area contributed by atoms with Crippen molar-refractivity contribution in [1.29, 1.82) is 0 Å². The summed E-state index contributed by atoms with van der Waals surface area (Å²) in [6.45, 7) is 4.64. The Morgan fingerprint density at radius 1 is 0.900 bits per heavy atom. The van der Waals surface area contributed by atoms with Crippen LogP contribution in [-0.4, -0.2) is 26.0 Å². The van der Waals surface area contributed by atoms with Crippen LogP contribution in [0, 0.1) is 34.7 Å². The fourth-order valence-electron chi connectivity index (χ4n) is 4.50. The van der Waals surface area contributed by atoms with Gasteiger partial charge in [-0.2, -0.15) is 22.0 Å². The number of rotatable bonds is 6. The van der Waals surface area contributed by atoms with E-state index in [1.165, 1.54) is 18.1 Å². The molecule has 0 aliphatic carbocycles. The van der Waals surface area contributed by atoms with Crippen molar-refractivity contribution < 1.29 is 54.1 Å². The molecule has 40 heavy (non-hydrogen) atoms. The third-order valence-electron chi connectivity index (χ3n) is 6.49. The molecule has 3 fully saturated rings. The van der Waals surface area contributed by atoms with Crippen LogP contribution in [0.4, 0.5) is 35.1 Å². The molecule has 4 nitrogen and oxygen atoms in total. The summed E-state index contributed by atoms with van der Waals surface area (Å²) in [5.41, 5.74) is -2.04. The van der Waals surface area contributed by atoms with E-state index in [1.807, 2.05) is 0 Å². The summed E-state index contributed by atoms with van der Waals surface area (Å²) in [5, 5.41) is -1.51. The van der Waals surface area contributed by atoms with Crippen LogP contribution >= 0.6 is 0 Å². The summed E-state index contributed by atoms with van der Waals surface area (Å²) in [4.78, 5) is 0. The van der Waals surface area contributed by atoms with Crippen molar-refractivity contribution in [2.75, 3.05) is 19.8 Å². The predicted octanol–water partition coefficient (Wildman–Crippen LogP) is 7.05. The van der Waals surface area contributed by atoms with E-state index < -0.39 is 63.4 Å². The highest BCUT2D eigenvalue weighted by atomic mass is 19.4. The number of hydrogen-bond donors (Lipinski definition) is 0. The van der Waals surface area contributed by atoms with Gasteiger partial charge < -0.3 is 18.9 Å². The van der Waals surface area contributed by atoms with Crippen molar-refractivity contribution in [1.82, 2.24) is 0 Å². The Hall–Kier alpha value is -3.66. The second kappa shape index (κ2) is 9.76. The standard InChI is InChI=1S/C28H18F8O4/c1-2-8-25-13-37-28(38-14-25,39-15-25)18-5-3-17(4-6-18)27(35,36)40-19-10-16-11-21(29)20(7-9-26(32,33)34)24(31)23(16)22(30)12-19/h2-6,10-12H,1,8,13-15H2. The fourth-order valence-corrected chi connectivity index (χ4v) is 4.50. The van der Waals surface area contributed by atoms with Crippen LogP contribution in [0.15, 0.2) is 55.1 Å². The number of halogens is 8. The van der Waals surface area contributed by atoms with Gasteiger partial charge in [0.25, 0.3) is 0 Å². The Morgan fingerprint density at radius 3 is 2.10 bits per heavy atom. The van der Waals surface area contributed by atoms with Crippen molar-refractivity contribution in [2.45, 2.75) is 24.7 Å². The zero-order valence-corrected chi connectivity index (χ0v) is 20.3. The van der Waals surface area contributed by atoms with Crippen LogP contribution < -0.4 is 4.74 Å². The molecule has 6 rings (SSSR count). The molecule has 0 spiro atoms. The molecule has 2 bridgehead atoms. The van der Waals surface area contributed by atoms with Crippen molar-refractivity contribution in [3.63, 3.8) is 0 Å². The number of ether oxygens (including phenoxy) is 4. The fraction of sp³-hybridized carbons (Fsp3) is 0.286. The lowest BCUT2D eigenvalue weighted by Gasteiger charge is -2.51. The van der Waals surface area contributed by atoms with Gasteiger partial charge in [-0.1, -0.05) is 24.1 Å². The highest BCUT2D eigenvalue weighted by Crippen LogP contribution is 2.46. The molecule has 0 N–H and O–H groups in total. The van der Waals surface area contributed by atoms with E-state index in [2.05, 4.69) is 11.3 Å². The van der Waals surface area contributed by atoms with E-state index in [4.69, 9.17) is 14.2 Å². The molecular weight excluding hydrogens is 552 g/mol. The lowest BCUT2D eigenvalue weighted by molar-refractivity contribution is -0.479. The van der Waals surface area contributed by atoms with E-state index in [1.54, 1.807) is 6.08 Å². The molecule has 0 saturated carbocycles. The van der Waals surface area contributed by atoms with Crippen molar-refractivity contribution in [3.8, 4) is 17.6 Å². The summed E-state index contributed by atoms with van der Waals surface area (Å²) in [6.07, 6.45) is -6.76. The molecule has 3 aliphatic heterocycles. The zero-order valence-electron chi connectivity index (χ0n) is 20.3. The third-order valence-corrected chi connectivity index (χ3v) is 6.49. The van der Waals surface area contributed by atoms with E-state index in [0.717, 1.165) is 18.2 Å². The van der Waals surface area contributed by atoms with E-state index in [9.17, 15) is 35.1 Å².